The molecule has 1 aromatic carbocycles. The number of hydrogen-bond acceptors (Lipinski definition) is 2. The zero-order valence-corrected chi connectivity index (χ0v) is 10.1. The van der Waals surface area contributed by atoms with E-state index in [0.717, 1.165) is 19.4 Å². The van der Waals surface area contributed by atoms with E-state index in [1.165, 1.54) is 5.56 Å². The summed E-state index contributed by atoms with van der Waals surface area (Å²) in [6, 6.07) is 10.7. The largest absolute Gasteiger partial charge is 0.390 e. The highest BCUT2D eigenvalue weighted by Gasteiger charge is 2.39. The zero-order valence-electron chi connectivity index (χ0n) is 10.1. The molecule has 2 rings (SSSR count). The molecule has 2 N–H and O–H groups in total. The number of rotatable bonds is 2. The maximum absolute atomic E-state index is 10.4. The predicted molar refractivity (Wildman–Crippen MR) is 66.2 cm³/mol. The van der Waals surface area contributed by atoms with Gasteiger partial charge in [0.2, 0.25) is 0 Å². The van der Waals surface area contributed by atoms with E-state index in [2.05, 4.69) is 36.5 Å². The summed E-state index contributed by atoms with van der Waals surface area (Å²) in [5.41, 5.74) is 0.745. The monoisotopic (exact) mass is 219 g/mol. The summed E-state index contributed by atoms with van der Waals surface area (Å²) in [6.07, 6.45) is 1.84. The molecule has 1 aliphatic rings. The molecule has 1 fully saturated rings. The predicted octanol–water partition coefficient (Wildman–Crippen LogP) is 2.50. The van der Waals surface area contributed by atoms with Gasteiger partial charge in [-0.05, 0) is 31.9 Å². The van der Waals surface area contributed by atoms with Gasteiger partial charge in [-0.1, -0.05) is 37.3 Å². The molecule has 1 aromatic rings. The van der Waals surface area contributed by atoms with E-state index < -0.39 is 5.60 Å². The van der Waals surface area contributed by atoms with Crippen LogP contribution in [-0.4, -0.2) is 17.3 Å². The number of aliphatic hydroxyl groups is 1. The lowest BCUT2D eigenvalue weighted by Crippen LogP contribution is -2.49. The Balaban J connectivity index is 2.26. The van der Waals surface area contributed by atoms with Gasteiger partial charge in [-0.15, -0.1) is 0 Å². The Hall–Kier alpha value is -0.860. The van der Waals surface area contributed by atoms with E-state index >= 15 is 0 Å². The van der Waals surface area contributed by atoms with E-state index in [4.69, 9.17) is 0 Å². The Morgan fingerprint density at radius 3 is 2.69 bits per heavy atom. The van der Waals surface area contributed by atoms with Gasteiger partial charge in [0.05, 0.1) is 5.60 Å². The van der Waals surface area contributed by atoms with Gasteiger partial charge in [-0.2, -0.15) is 0 Å². The topological polar surface area (TPSA) is 32.3 Å². The Morgan fingerprint density at radius 2 is 2.06 bits per heavy atom. The van der Waals surface area contributed by atoms with Crippen LogP contribution in [0.5, 0.6) is 0 Å². The molecule has 0 saturated carbocycles. The first-order valence-corrected chi connectivity index (χ1v) is 6.16. The molecule has 1 aliphatic heterocycles. The normalized spacial score (nSPS) is 34.9. The molecule has 0 bridgehead atoms. The van der Waals surface area contributed by atoms with Gasteiger partial charge < -0.3 is 10.4 Å². The van der Waals surface area contributed by atoms with E-state index in [-0.39, 0.29) is 6.04 Å². The molecule has 88 valence electrons. The first-order chi connectivity index (χ1) is 7.65. The van der Waals surface area contributed by atoms with Crippen LogP contribution in [0.4, 0.5) is 0 Å². The minimum absolute atomic E-state index is 0.287. The van der Waals surface area contributed by atoms with Crippen LogP contribution < -0.4 is 5.32 Å². The smallest absolute Gasteiger partial charge is 0.0677 e. The van der Waals surface area contributed by atoms with Crippen LogP contribution in [0.2, 0.25) is 0 Å². The molecule has 2 heteroatoms. The second-order valence-corrected chi connectivity index (χ2v) is 4.96. The number of nitrogens with one attached hydrogen (secondary N) is 1. The van der Waals surface area contributed by atoms with Crippen LogP contribution in [-0.2, 0) is 0 Å². The summed E-state index contributed by atoms with van der Waals surface area (Å²) in [7, 11) is 0. The fraction of sp³-hybridized carbons (Fsp3) is 0.571. The van der Waals surface area contributed by atoms with Crippen LogP contribution in [0.25, 0.3) is 0 Å². The second-order valence-electron chi connectivity index (χ2n) is 4.96. The van der Waals surface area contributed by atoms with E-state index in [9.17, 15) is 5.11 Å². The molecular formula is C14H21NO. The fourth-order valence-electron chi connectivity index (χ4n) is 2.85. The number of benzene rings is 1. The van der Waals surface area contributed by atoms with Crippen LogP contribution in [0.3, 0.4) is 0 Å². The molecular weight excluding hydrogens is 198 g/mol. The van der Waals surface area contributed by atoms with Crippen LogP contribution in [0.1, 0.15) is 38.3 Å². The third-order valence-corrected chi connectivity index (χ3v) is 3.80. The van der Waals surface area contributed by atoms with Crippen molar-refractivity contribution in [2.45, 2.75) is 38.3 Å². The molecule has 1 heterocycles. The summed E-state index contributed by atoms with van der Waals surface area (Å²) >= 11 is 0. The maximum Gasteiger partial charge on any atom is 0.0677 e. The van der Waals surface area contributed by atoms with Crippen molar-refractivity contribution >= 4 is 0 Å². The van der Waals surface area contributed by atoms with Gasteiger partial charge >= 0.3 is 0 Å². The number of hydrogen-bond donors (Lipinski definition) is 2. The molecule has 3 atom stereocenters. The molecule has 0 amide bonds. The van der Waals surface area contributed by atoms with Crippen molar-refractivity contribution in [3.05, 3.63) is 35.9 Å². The zero-order chi connectivity index (χ0) is 11.6. The Morgan fingerprint density at radius 1 is 1.38 bits per heavy atom. The lowest BCUT2D eigenvalue weighted by atomic mass is 9.74. The van der Waals surface area contributed by atoms with Gasteiger partial charge in [0, 0.05) is 12.0 Å². The average molecular weight is 219 g/mol. The quantitative estimate of drug-likeness (QED) is 0.801. The molecule has 0 aliphatic carbocycles. The standard InChI is InChI=1S/C14H21NO/c1-3-12-13(11-7-5-4-6-8-11)15-10-9-14(12,2)16/h4-8,12-13,15-16H,3,9-10H2,1-2H3. The summed E-state index contributed by atoms with van der Waals surface area (Å²) in [4.78, 5) is 0. The Labute approximate surface area is 97.7 Å². The highest BCUT2D eigenvalue weighted by Crippen LogP contribution is 2.38. The van der Waals surface area contributed by atoms with Crippen molar-refractivity contribution in [2.24, 2.45) is 5.92 Å². The van der Waals surface area contributed by atoms with E-state index in [0.29, 0.717) is 5.92 Å². The molecule has 0 spiro atoms. The van der Waals surface area contributed by atoms with Crippen molar-refractivity contribution in [1.29, 1.82) is 0 Å². The van der Waals surface area contributed by atoms with Crippen molar-refractivity contribution in [2.75, 3.05) is 6.54 Å². The first-order valence-electron chi connectivity index (χ1n) is 6.16. The van der Waals surface area contributed by atoms with Crippen molar-refractivity contribution in [1.82, 2.24) is 5.32 Å². The van der Waals surface area contributed by atoms with Crippen molar-refractivity contribution in [3.63, 3.8) is 0 Å². The first kappa shape index (κ1) is 11.6. The highest BCUT2D eigenvalue weighted by atomic mass is 16.3. The van der Waals surface area contributed by atoms with Crippen molar-refractivity contribution in [3.8, 4) is 0 Å². The molecule has 16 heavy (non-hydrogen) atoms. The average Bonchev–Trinajstić information content (AvgIpc) is 2.28. The lowest BCUT2D eigenvalue weighted by molar-refractivity contribution is -0.0460. The van der Waals surface area contributed by atoms with Gasteiger partial charge in [-0.3, -0.25) is 0 Å². The summed E-state index contributed by atoms with van der Waals surface area (Å²) < 4.78 is 0. The van der Waals surface area contributed by atoms with E-state index in [1.54, 1.807) is 0 Å². The number of piperidine rings is 1. The summed E-state index contributed by atoms with van der Waals surface area (Å²) in [5, 5.41) is 14.0. The fourth-order valence-corrected chi connectivity index (χ4v) is 2.85. The minimum atomic E-state index is -0.541. The van der Waals surface area contributed by atoms with Gasteiger partial charge in [0.25, 0.3) is 0 Å². The molecule has 0 aromatic heterocycles. The van der Waals surface area contributed by atoms with Crippen LogP contribution in [0, 0.1) is 5.92 Å². The Bertz CT molecular complexity index is 334. The summed E-state index contributed by atoms with van der Waals surface area (Å²) in [5.74, 6) is 0.295. The minimum Gasteiger partial charge on any atom is -0.390 e. The van der Waals surface area contributed by atoms with Gasteiger partial charge in [0.1, 0.15) is 0 Å². The highest BCUT2D eigenvalue weighted by molar-refractivity contribution is 5.21. The second kappa shape index (κ2) is 4.56. The molecule has 0 radical (unpaired) electrons. The maximum atomic E-state index is 10.4. The lowest BCUT2D eigenvalue weighted by Gasteiger charge is -2.43. The van der Waals surface area contributed by atoms with Crippen LogP contribution in [0.15, 0.2) is 30.3 Å². The van der Waals surface area contributed by atoms with Gasteiger partial charge in [0.15, 0.2) is 0 Å². The van der Waals surface area contributed by atoms with Crippen molar-refractivity contribution < 1.29 is 5.11 Å². The molecule has 3 unspecified atom stereocenters. The third kappa shape index (κ3) is 2.13. The molecule has 1 saturated heterocycles. The SMILES string of the molecule is CCC1C(c2ccccc2)NCCC1(C)O. The summed E-state index contributed by atoms with van der Waals surface area (Å²) in [6.45, 7) is 5.02. The van der Waals surface area contributed by atoms with Gasteiger partial charge in [-0.25, -0.2) is 0 Å². The van der Waals surface area contributed by atoms with E-state index in [1.807, 2.05) is 13.0 Å². The molecule has 2 nitrogen and oxygen atoms in total. The third-order valence-electron chi connectivity index (χ3n) is 3.80. The van der Waals surface area contributed by atoms with Crippen LogP contribution >= 0.6 is 0 Å². The Kier molecular flexibility index (Phi) is 3.31.